The number of hydrogen-bond acceptors (Lipinski definition) is 9. The van der Waals surface area contributed by atoms with Crippen LogP contribution in [0.3, 0.4) is 0 Å². The Labute approximate surface area is 214 Å². The third-order valence-corrected chi connectivity index (χ3v) is 6.30. The Morgan fingerprint density at radius 1 is 0.838 bits per heavy atom. The van der Waals surface area contributed by atoms with Crippen molar-refractivity contribution in [2.45, 2.75) is 0 Å². The van der Waals surface area contributed by atoms with Gasteiger partial charge in [0.25, 0.3) is 0 Å². The highest BCUT2D eigenvalue weighted by atomic mass is 16.6. The Bertz CT molecular complexity index is 1240. The first kappa shape index (κ1) is 24.3. The summed E-state index contributed by atoms with van der Waals surface area (Å²) in [6.45, 7) is 3.44. The smallest absolute Gasteiger partial charge is 0.321 e. The Hall–Kier alpha value is -4.41. The van der Waals surface area contributed by atoms with Crippen LogP contribution in [0.25, 0.3) is 11.3 Å². The van der Waals surface area contributed by atoms with E-state index in [-0.39, 0.29) is 6.03 Å². The minimum absolute atomic E-state index is 0.153. The molecule has 0 aliphatic carbocycles. The van der Waals surface area contributed by atoms with Crippen LogP contribution in [-0.2, 0) is 0 Å². The number of piperazine rings is 1. The van der Waals surface area contributed by atoms with Gasteiger partial charge in [-0.25, -0.2) is 4.79 Å². The molecule has 2 amide bonds. The maximum atomic E-state index is 12.8. The lowest BCUT2D eigenvalue weighted by atomic mass is 10.1. The van der Waals surface area contributed by atoms with Crippen molar-refractivity contribution < 1.29 is 28.5 Å². The molecule has 0 bridgehead atoms. The molecular formula is C26H29N5O6. The first-order chi connectivity index (χ1) is 18.1. The second-order valence-electron chi connectivity index (χ2n) is 8.45. The third kappa shape index (κ3) is 5.11. The zero-order chi connectivity index (χ0) is 25.8. The molecule has 11 heteroatoms. The summed E-state index contributed by atoms with van der Waals surface area (Å²) in [6, 6.07) is 12.8. The number of nitrogens with one attached hydrogen (secondary N) is 1. The molecule has 37 heavy (non-hydrogen) atoms. The summed E-state index contributed by atoms with van der Waals surface area (Å²) in [5.74, 6) is 3.71. The van der Waals surface area contributed by atoms with Crippen LogP contribution in [0.2, 0.25) is 0 Å². The number of ether oxygens (including phenoxy) is 5. The minimum Gasteiger partial charge on any atom is -0.493 e. The molecular weight excluding hydrogens is 478 g/mol. The van der Waals surface area contributed by atoms with E-state index >= 15 is 0 Å². The minimum atomic E-state index is -0.153. The quantitative estimate of drug-likeness (QED) is 0.538. The lowest BCUT2D eigenvalue weighted by molar-refractivity contribution is 0.171. The molecule has 3 heterocycles. The zero-order valence-corrected chi connectivity index (χ0v) is 21.0. The van der Waals surface area contributed by atoms with Crippen LogP contribution in [0.15, 0.2) is 42.5 Å². The van der Waals surface area contributed by atoms with Crippen LogP contribution in [0.1, 0.15) is 0 Å². The normalized spacial score (nSPS) is 14.7. The van der Waals surface area contributed by atoms with Crippen molar-refractivity contribution in [2.24, 2.45) is 0 Å². The number of hydrogen-bond donors (Lipinski definition) is 1. The molecule has 0 radical (unpaired) electrons. The molecule has 3 aromatic rings. The number of carbonyl (C=O) groups is 1. The standard InChI is InChI=1S/C26H29N5O6/c1-33-22-14-17(15-23(34-2)25(22)35-3)19-5-7-24(29-28-19)30-8-10-31(11-9-30)26(32)27-18-4-6-20-21(16-18)37-13-12-36-20/h4-7,14-16H,8-13H2,1-3H3,(H,27,32). The van der Waals surface area contributed by atoms with Crippen molar-refractivity contribution in [2.75, 3.05) is 70.9 Å². The molecule has 1 saturated heterocycles. The highest BCUT2D eigenvalue weighted by Gasteiger charge is 2.23. The van der Waals surface area contributed by atoms with E-state index in [1.54, 1.807) is 32.3 Å². The average molecular weight is 508 g/mol. The van der Waals surface area contributed by atoms with Gasteiger partial charge in [0, 0.05) is 43.5 Å². The Morgan fingerprint density at radius 2 is 1.54 bits per heavy atom. The number of rotatable bonds is 6. The van der Waals surface area contributed by atoms with E-state index in [9.17, 15) is 4.79 Å². The summed E-state index contributed by atoms with van der Waals surface area (Å²) in [6.07, 6.45) is 0. The average Bonchev–Trinajstić information content (AvgIpc) is 2.96. The van der Waals surface area contributed by atoms with Crippen molar-refractivity contribution in [3.8, 4) is 40.0 Å². The molecule has 1 aromatic heterocycles. The molecule has 0 saturated carbocycles. The lowest BCUT2D eigenvalue weighted by Gasteiger charge is -2.35. The fourth-order valence-electron chi connectivity index (χ4n) is 4.34. The SMILES string of the molecule is COc1cc(-c2ccc(N3CCN(C(=O)Nc4ccc5c(c4)OCCO5)CC3)nn2)cc(OC)c1OC. The van der Waals surface area contributed by atoms with Gasteiger partial charge >= 0.3 is 6.03 Å². The van der Waals surface area contributed by atoms with Crippen molar-refractivity contribution in [1.82, 2.24) is 15.1 Å². The number of anilines is 2. The van der Waals surface area contributed by atoms with Crippen LogP contribution < -0.4 is 33.9 Å². The van der Waals surface area contributed by atoms with Gasteiger partial charge in [0.15, 0.2) is 28.8 Å². The van der Waals surface area contributed by atoms with E-state index in [1.165, 1.54) is 0 Å². The molecule has 1 fully saturated rings. The fraction of sp³-hybridized carbons (Fsp3) is 0.346. The number of amides is 2. The van der Waals surface area contributed by atoms with Crippen LogP contribution >= 0.6 is 0 Å². The highest BCUT2D eigenvalue weighted by molar-refractivity contribution is 5.90. The van der Waals surface area contributed by atoms with Gasteiger partial charge in [-0.05, 0) is 36.4 Å². The van der Waals surface area contributed by atoms with Crippen molar-refractivity contribution in [3.05, 3.63) is 42.5 Å². The van der Waals surface area contributed by atoms with Crippen molar-refractivity contribution in [1.29, 1.82) is 0 Å². The number of urea groups is 1. The van der Waals surface area contributed by atoms with Gasteiger partial charge in [-0.15, -0.1) is 10.2 Å². The van der Waals surface area contributed by atoms with E-state index in [0.29, 0.717) is 79.5 Å². The van der Waals surface area contributed by atoms with Gasteiger partial charge in [-0.1, -0.05) is 0 Å². The van der Waals surface area contributed by atoms with Gasteiger partial charge in [-0.3, -0.25) is 0 Å². The first-order valence-corrected chi connectivity index (χ1v) is 11.9. The topological polar surface area (TPSA) is 108 Å². The van der Waals surface area contributed by atoms with Gasteiger partial charge in [-0.2, -0.15) is 0 Å². The molecule has 2 aromatic carbocycles. The predicted molar refractivity (Wildman–Crippen MR) is 137 cm³/mol. The summed E-state index contributed by atoms with van der Waals surface area (Å²) >= 11 is 0. The number of nitrogens with zero attached hydrogens (tertiary/aromatic N) is 4. The van der Waals surface area contributed by atoms with Crippen LogP contribution in [0.4, 0.5) is 16.3 Å². The Balaban J connectivity index is 1.20. The second kappa shape index (κ2) is 10.7. The van der Waals surface area contributed by atoms with Gasteiger partial charge < -0.3 is 38.8 Å². The van der Waals surface area contributed by atoms with Crippen molar-refractivity contribution in [3.63, 3.8) is 0 Å². The summed E-state index contributed by atoms with van der Waals surface area (Å²) in [5, 5.41) is 11.8. The zero-order valence-electron chi connectivity index (χ0n) is 21.0. The number of benzene rings is 2. The summed E-state index contributed by atoms with van der Waals surface area (Å²) in [4.78, 5) is 16.7. The molecule has 0 atom stereocenters. The Kier molecular flexibility index (Phi) is 7.02. The van der Waals surface area contributed by atoms with Gasteiger partial charge in [0.05, 0.1) is 27.0 Å². The maximum Gasteiger partial charge on any atom is 0.321 e. The van der Waals surface area contributed by atoms with Crippen LogP contribution in [-0.4, -0.2) is 81.9 Å². The lowest BCUT2D eigenvalue weighted by Crippen LogP contribution is -2.50. The molecule has 0 spiro atoms. The highest BCUT2D eigenvalue weighted by Crippen LogP contribution is 2.40. The van der Waals surface area contributed by atoms with E-state index in [2.05, 4.69) is 20.4 Å². The van der Waals surface area contributed by atoms with Crippen molar-refractivity contribution >= 4 is 17.5 Å². The van der Waals surface area contributed by atoms with E-state index in [1.807, 2.05) is 36.4 Å². The van der Waals surface area contributed by atoms with Crippen LogP contribution in [0, 0.1) is 0 Å². The fourth-order valence-corrected chi connectivity index (χ4v) is 4.34. The summed E-state index contributed by atoms with van der Waals surface area (Å²) < 4.78 is 27.4. The van der Waals surface area contributed by atoms with E-state index in [4.69, 9.17) is 23.7 Å². The van der Waals surface area contributed by atoms with Gasteiger partial charge in [0.1, 0.15) is 13.2 Å². The van der Waals surface area contributed by atoms with E-state index < -0.39 is 0 Å². The molecule has 194 valence electrons. The molecule has 5 rings (SSSR count). The maximum absolute atomic E-state index is 12.8. The third-order valence-electron chi connectivity index (χ3n) is 6.30. The number of carbonyl (C=O) groups excluding carboxylic acids is 1. The largest absolute Gasteiger partial charge is 0.493 e. The number of aromatic nitrogens is 2. The molecule has 2 aliphatic rings. The molecule has 11 nitrogen and oxygen atoms in total. The van der Waals surface area contributed by atoms with Crippen LogP contribution in [0.5, 0.6) is 28.7 Å². The molecule has 0 unspecified atom stereocenters. The van der Waals surface area contributed by atoms with Gasteiger partial charge in [0.2, 0.25) is 5.75 Å². The molecule has 1 N–H and O–H groups in total. The monoisotopic (exact) mass is 507 g/mol. The van der Waals surface area contributed by atoms with E-state index in [0.717, 1.165) is 11.4 Å². The summed E-state index contributed by atoms with van der Waals surface area (Å²) in [7, 11) is 4.72. The second-order valence-corrected chi connectivity index (χ2v) is 8.45. The number of methoxy groups -OCH3 is 3. The number of fused-ring (bicyclic) bond motifs is 1. The Morgan fingerprint density at radius 3 is 2.16 bits per heavy atom. The predicted octanol–water partition coefficient (Wildman–Crippen LogP) is 3.29. The summed E-state index contributed by atoms with van der Waals surface area (Å²) in [5.41, 5.74) is 2.15. The molecule has 2 aliphatic heterocycles. The first-order valence-electron chi connectivity index (χ1n) is 11.9.